The second kappa shape index (κ2) is 7.94. The van der Waals surface area contributed by atoms with E-state index >= 15 is 0 Å². The van der Waals surface area contributed by atoms with Crippen molar-refractivity contribution in [3.8, 4) is 0 Å². The molecule has 1 aromatic heterocycles. The number of hydrogen-bond donors (Lipinski definition) is 2. The molecule has 108 valence electrons. The van der Waals surface area contributed by atoms with Crippen LogP contribution in [-0.2, 0) is 4.74 Å². The summed E-state index contributed by atoms with van der Waals surface area (Å²) >= 11 is 0. The van der Waals surface area contributed by atoms with E-state index in [1.807, 2.05) is 27.0 Å². The highest BCUT2D eigenvalue weighted by Crippen LogP contribution is 2.16. The molecule has 1 heterocycles. The van der Waals surface area contributed by atoms with E-state index in [4.69, 9.17) is 4.74 Å². The molecule has 1 rings (SSSR count). The molecular weight excluding hydrogens is 240 g/mol. The molecule has 0 aliphatic rings. The van der Waals surface area contributed by atoms with Gasteiger partial charge in [-0.2, -0.15) is 4.98 Å². The highest BCUT2D eigenvalue weighted by Gasteiger charge is 2.15. The average Bonchev–Trinajstić information content (AvgIpc) is 2.38. The summed E-state index contributed by atoms with van der Waals surface area (Å²) in [4.78, 5) is 8.75. The minimum Gasteiger partial charge on any atom is -0.380 e. The molecule has 0 amide bonds. The predicted octanol–water partition coefficient (Wildman–Crippen LogP) is 2.69. The highest BCUT2D eigenvalue weighted by atomic mass is 16.5. The van der Waals surface area contributed by atoms with Crippen molar-refractivity contribution in [1.29, 1.82) is 0 Å². The Morgan fingerprint density at radius 1 is 1.32 bits per heavy atom. The first-order chi connectivity index (χ1) is 9.08. The number of anilines is 2. The lowest BCUT2D eigenvalue weighted by molar-refractivity contribution is 0.126. The van der Waals surface area contributed by atoms with Crippen molar-refractivity contribution in [3.05, 3.63) is 11.8 Å². The molecule has 0 saturated carbocycles. The number of aromatic nitrogens is 2. The smallest absolute Gasteiger partial charge is 0.224 e. The Balaban J connectivity index is 2.79. The third kappa shape index (κ3) is 5.03. The normalized spacial score (nSPS) is 12.5. The van der Waals surface area contributed by atoms with Crippen LogP contribution in [0.15, 0.2) is 6.20 Å². The van der Waals surface area contributed by atoms with Crippen molar-refractivity contribution in [2.75, 3.05) is 30.4 Å². The number of nitrogens with one attached hydrogen (secondary N) is 2. The maximum absolute atomic E-state index is 5.53. The molecule has 0 bridgehead atoms. The van der Waals surface area contributed by atoms with Gasteiger partial charge in [-0.1, -0.05) is 13.8 Å². The van der Waals surface area contributed by atoms with Crippen LogP contribution in [0.1, 0.15) is 33.3 Å². The largest absolute Gasteiger partial charge is 0.380 e. The Kier molecular flexibility index (Phi) is 6.56. The molecule has 0 aliphatic heterocycles. The summed E-state index contributed by atoms with van der Waals surface area (Å²) in [5.41, 5.74) is 1.05. The van der Waals surface area contributed by atoms with E-state index in [0.717, 1.165) is 24.5 Å². The molecule has 2 N–H and O–H groups in total. The third-order valence-electron chi connectivity index (χ3n) is 2.93. The zero-order valence-electron chi connectivity index (χ0n) is 12.7. The molecule has 1 aromatic rings. The van der Waals surface area contributed by atoms with Crippen molar-refractivity contribution in [2.24, 2.45) is 5.92 Å². The van der Waals surface area contributed by atoms with Gasteiger partial charge >= 0.3 is 0 Å². The molecule has 1 atom stereocenters. The first-order valence-corrected chi connectivity index (χ1v) is 7.00. The highest BCUT2D eigenvalue weighted by molar-refractivity contribution is 5.47. The maximum atomic E-state index is 5.53. The Labute approximate surface area is 116 Å². The lowest BCUT2D eigenvalue weighted by atomic mass is 10.1. The molecule has 0 saturated heterocycles. The van der Waals surface area contributed by atoms with Crippen LogP contribution in [0.2, 0.25) is 0 Å². The minimum atomic E-state index is 0.253. The van der Waals surface area contributed by atoms with Crippen molar-refractivity contribution in [2.45, 2.75) is 40.7 Å². The molecule has 5 nitrogen and oxygen atoms in total. The first kappa shape index (κ1) is 15.7. The van der Waals surface area contributed by atoms with Crippen LogP contribution in [0, 0.1) is 12.8 Å². The Bertz CT molecular complexity index is 382. The SMILES string of the molecule is CCNc1ncc(C)c(NC(COCC)C(C)C)n1. The number of nitrogens with zero attached hydrogens (tertiary/aromatic N) is 2. The Morgan fingerprint density at radius 3 is 2.63 bits per heavy atom. The predicted molar refractivity (Wildman–Crippen MR) is 79.7 cm³/mol. The summed E-state index contributed by atoms with van der Waals surface area (Å²) in [6.07, 6.45) is 1.84. The van der Waals surface area contributed by atoms with Gasteiger partial charge in [-0.05, 0) is 26.7 Å². The molecule has 0 spiro atoms. The minimum absolute atomic E-state index is 0.253. The molecule has 0 fully saturated rings. The quantitative estimate of drug-likeness (QED) is 0.757. The van der Waals surface area contributed by atoms with Crippen molar-refractivity contribution >= 4 is 11.8 Å². The van der Waals surface area contributed by atoms with Gasteiger partial charge in [-0.3, -0.25) is 0 Å². The molecular formula is C14H26N4O. The van der Waals surface area contributed by atoms with Crippen LogP contribution in [0.25, 0.3) is 0 Å². The third-order valence-corrected chi connectivity index (χ3v) is 2.93. The van der Waals surface area contributed by atoms with Gasteiger partial charge in [0.05, 0.1) is 12.6 Å². The van der Waals surface area contributed by atoms with Gasteiger partial charge in [0.15, 0.2) is 0 Å². The average molecular weight is 266 g/mol. The van der Waals surface area contributed by atoms with E-state index in [1.165, 1.54) is 0 Å². The van der Waals surface area contributed by atoms with Crippen LogP contribution in [0.5, 0.6) is 0 Å². The number of hydrogen-bond acceptors (Lipinski definition) is 5. The summed E-state index contributed by atoms with van der Waals surface area (Å²) in [5.74, 6) is 2.02. The summed E-state index contributed by atoms with van der Waals surface area (Å²) in [5, 5.41) is 6.59. The topological polar surface area (TPSA) is 59.1 Å². The lowest BCUT2D eigenvalue weighted by Gasteiger charge is -2.23. The van der Waals surface area contributed by atoms with Crippen LogP contribution >= 0.6 is 0 Å². The van der Waals surface area contributed by atoms with Gasteiger partial charge in [0, 0.05) is 24.9 Å². The van der Waals surface area contributed by atoms with E-state index < -0.39 is 0 Å². The van der Waals surface area contributed by atoms with Crippen LogP contribution in [-0.4, -0.2) is 35.8 Å². The summed E-state index contributed by atoms with van der Waals surface area (Å²) < 4.78 is 5.53. The standard InChI is InChI=1S/C14H26N4O/c1-6-15-14-16-8-11(5)13(18-14)17-12(10(3)4)9-19-7-2/h8,10,12H,6-7,9H2,1-5H3,(H2,15,16,17,18). The Hall–Kier alpha value is -1.36. The monoisotopic (exact) mass is 266 g/mol. The zero-order valence-corrected chi connectivity index (χ0v) is 12.7. The summed E-state index contributed by atoms with van der Waals surface area (Å²) in [6.45, 7) is 12.6. The molecule has 1 unspecified atom stereocenters. The van der Waals surface area contributed by atoms with Crippen molar-refractivity contribution < 1.29 is 4.74 Å². The fourth-order valence-electron chi connectivity index (χ4n) is 1.65. The second-order valence-corrected chi connectivity index (χ2v) is 4.91. The molecule has 0 radical (unpaired) electrons. The van der Waals surface area contributed by atoms with E-state index in [2.05, 4.69) is 34.4 Å². The van der Waals surface area contributed by atoms with Crippen molar-refractivity contribution in [3.63, 3.8) is 0 Å². The molecule has 19 heavy (non-hydrogen) atoms. The van der Waals surface area contributed by atoms with Gasteiger partial charge in [0.25, 0.3) is 0 Å². The fraction of sp³-hybridized carbons (Fsp3) is 0.714. The van der Waals surface area contributed by atoms with Gasteiger partial charge in [-0.25, -0.2) is 4.98 Å². The first-order valence-electron chi connectivity index (χ1n) is 7.00. The maximum Gasteiger partial charge on any atom is 0.224 e. The van der Waals surface area contributed by atoms with Gasteiger partial charge < -0.3 is 15.4 Å². The second-order valence-electron chi connectivity index (χ2n) is 4.91. The molecule has 0 aromatic carbocycles. The van der Waals surface area contributed by atoms with Gasteiger partial charge in [-0.15, -0.1) is 0 Å². The van der Waals surface area contributed by atoms with E-state index in [0.29, 0.717) is 18.5 Å². The fourth-order valence-corrected chi connectivity index (χ4v) is 1.65. The van der Waals surface area contributed by atoms with Crippen LogP contribution in [0.3, 0.4) is 0 Å². The van der Waals surface area contributed by atoms with Gasteiger partial charge in [0.1, 0.15) is 5.82 Å². The zero-order chi connectivity index (χ0) is 14.3. The lowest BCUT2D eigenvalue weighted by Crippen LogP contribution is -2.31. The molecule has 5 heteroatoms. The summed E-state index contributed by atoms with van der Waals surface area (Å²) in [6, 6.07) is 0.253. The van der Waals surface area contributed by atoms with Crippen LogP contribution < -0.4 is 10.6 Å². The number of rotatable bonds is 8. The van der Waals surface area contributed by atoms with E-state index in [-0.39, 0.29) is 6.04 Å². The molecule has 0 aliphatic carbocycles. The van der Waals surface area contributed by atoms with Crippen LogP contribution in [0.4, 0.5) is 11.8 Å². The van der Waals surface area contributed by atoms with Crippen molar-refractivity contribution in [1.82, 2.24) is 9.97 Å². The number of ether oxygens (including phenoxy) is 1. The number of aryl methyl sites for hydroxylation is 1. The van der Waals surface area contributed by atoms with E-state index in [1.54, 1.807) is 0 Å². The Morgan fingerprint density at radius 2 is 2.05 bits per heavy atom. The summed E-state index contributed by atoms with van der Waals surface area (Å²) in [7, 11) is 0. The van der Waals surface area contributed by atoms with E-state index in [9.17, 15) is 0 Å². The van der Waals surface area contributed by atoms with Gasteiger partial charge in [0.2, 0.25) is 5.95 Å².